The number of halogens is 2. The van der Waals surface area contributed by atoms with E-state index in [1.807, 2.05) is 42.5 Å². The van der Waals surface area contributed by atoms with Crippen molar-refractivity contribution in [2.24, 2.45) is 5.73 Å². The van der Waals surface area contributed by atoms with Crippen LogP contribution in [0.4, 0.5) is 16.4 Å². The largest absolute Gasteiger partial charge is 0.488 e. The second-order valence-corrected chi connectivity index (χ2v) is 9.36. The van der Waals surface area contributed by atoms with Gasteiger partial charge in [0.1, 0.15) is 18.7 Å². The Balaban J connectivity index is 0.000000599. The van der Waals surface area contributed by atoms with Crippen LogP contribution in [0.3, 0.4) is 0 Å². The third-order valence-corrected chi connectivity index (χ3v) is 6.22. The second-order valence-electron chi connectivity index (χ2n) is 7.68. The molecule has 0 aliphatic carbocycles. The van der Waals surface area contributed by atoms with Gasteiger partial charge in [0.2, 0.25) is 5.95 Å². The van der Waals surface area contributed by atoms with Gasteiger partial charge >= 0.3 is 6.09 Å². The SMILES string of the molecule is CCOC(N)=O.CSCc1cccc(Nc2ncnc(-c3ccccc3OCc3ccc(Cl)c(Cl)c3)n2)c1. The zero-order valence-electron chi connectivity index (χ0n) is 20.9. The molecule has 0 unspecified atom stereocenters. The molecule has 4 rings (SSSR count). The summed E-state index contributed by atoms with van der Waals surface area (Å²) in [5.74, 6) is 2.60. The van der Waals surface area contributed by atoms with Crippen molar-refractivity contribution >= 4 is 52.7 Å². The van der Waals surface area contributed by atoms with Crippen molar-refractivity contribution in [3.05, 3.63) is 94.2 Å². The molecule has 4 aromatic rings. The van der Waals surface area contributed by atoms with Gasteiger partial charge in [-0.3, -0.25) is 0 Å². The molecule has 0 spiro atoms. The van der Waals surface area contributed by atoms with Crippen molar-refractivity contribution in [2.75, 3.05) is 18.2 Å². The Kier molecular flexibility index (Phi) is 11.5. The first-order valence-electron chi connectivity index (χ1n) is 11.5. The lowest BCUT2D eigenvalue weighted by Gasteiger charge is -2.12. The highest BCUT2D eigenvalue weighted by Crippen LogP contribution is 2.29. The number of carbonyl (C=O) groups is 1. The average molecular weight is 573 g/mol. The number of ether oxygens (including phenoxy) is 2. The summed E-state index contributed by atoms with van der Waals surface area (Å²) in [6.07, 6.45) is 2.86. The van der Waals surface area contributed by atoms with Crippen LogP contribution in [0.1, 0.15) is 18.1 Å². The lowest BCUT2D eigenvalue weighted by molar-refractivity contribution is 0.163. The number of hydrogen-bond acceptors (Lipinski definition) is 8. The normalized spacial score (nSPS) is 10.2. The molecule has 3 N–H and O–H groups in total. The van der Waals surface area contributed by atoms with Crippen LogP contribution in [0.25, 0.3) is 11.4 Å². The summed E-state index contributed by atoms with van der Waals surface area (Å²) >= 11 is 13.9. The molecule has 0 bridgehead atoms. The molecule has 1 aromatic heterocycles. The van der Waals surface area contributed by atoms with Gasteiger partial charge in [0, 0.05) is 11.4 Å². The van der Waals surface area contributed by atoms with Gasteiger partial charge in [0.25, 0.3) is 0 Å². The van der Waals surface area contributed by atoms with Gasteiger partial charge in [-0.05, 0) is 60.7 Å². The molecule has 0 saturated carbocycles. The molecular weight excluding hydrogens is 545 g/mol. The third-order valence-electron chi connectivity index (χ3n) is 4.86. The van der Waals surface area contributed by atoms with E-state index >= 15 is 0 Å². The zero-order chi connectivity index (χ0) is 27.3. The molecule has 1 heterocycles. The number of amides is 1. The average Bonchev–Trinajstić information content (AvgIpc) is 2.90. The molecule has 0 fully saturated rings. The van der Waals surface area contributed by atoms with Gasteiger partial charge in [-0.1, -0.05) is 53.5 Å². The van der Waals surface area contributed by atoms with Crippen molar-refractivity contribution in [1.29, 1.82) is 0 Å². The highest BCUT2D eigenvalue weighted by molar-refractivity contribution is 7.97. The van der Waals surface area contributed by atoms with Crippen LogP contribution in [0, 0.1) is 0 Å². The van der Waals surface area contributed by atoms with Crippen LogP contribution < -0.4 is 15.8 Å². The van der Waals surface area contributed by atoms with Gasteiger partial charge in [0.05, 0.1) is 22.2 Å². The molecule has 0 aliphatic rings. The summed E-state index contributed by atoms with van der Waals surface area (Å²) in [4.78, 5) is 22.8. The standard InChI is InChI=1S/C24H20Cl2N4OS.C3H7NO2/c1-32-14-17-5-4-6-18(11-17)29-24-28-15-27-23(30-24)19-7-2-3-8-22(19)31-13-16-9-10-20(25)21(26)12-16;1-2-6-3(4)5/h2-12,15H,13-14H2,1H3,(H,27,28,29,30);2H2,1H3,(H2,4,5). The number of nitrogens with two attached hydrogens (primary N) is 1. The van der Waals surface area contributed by atoms with Crippen LogP contribution in [0.5, 0.6) is 5.75 Å². The minimum Gasteiger partial charge on any atom is -0.488 e. The Morgan fingerprint density at radius 2 is 1.82 bits per heavy atom. The lowest BCUT2D eigenvalue weighted by atomic mass is 10.2. The number of para-hydroxylation sites is 1. The fourth-order valence-corrected chi connectivity index (χ4v) is 4.06. The number of hydrogen-bond donors (Lipinski definition) is 2. The number of primary amides is 1. The minimum atomic E-state index is -0.711. The van der Waals surface area contributed by atoms with Crippen molar-refractivity contribution in [3.63, 3.8) is 0 Å². The van der Waals surface area contributed by atoms with Crippen molar-refractivity contribution in [3.8, 4) is 17.1 Å². The first-order chi connectivity index (χ1) is 18.4. The molecule has 38 heavy (non-hydrogen) atoms. The molecule has 0 atom stereocenters. The van der Waals surface area contributed by atoms with E-state index in [0.717, 1.165) is 22.6 Å². The fraction of sp³-hybridized carbons (Fsp3) is 0.185. The highest BCUT2D eigenvalue weighted by Gasteiger charge is 2.11. The molecule has 0 saturated heterocycles. The fourth-order valence-electron chi connectivity index (χ4n) is 3.23. The van der Waals surface area contributed by atoms with E-state index in [0.29, 0.717) is 40.8 Å². The summed E-state index contributed by atoms with van der Waals surface area (Å²) in [5, 5.41) is 4.27. The Morgan fingerprint density at radius 1 is 1.00 bits per heavy atom. The van der Waals surface area contributed by atoms with Crippen molar-refractivity contribution < 1.29 is 14.3 Å². The number of nitrogens with zero attached hydrogens (tertiary/aromatic N) is 3. The van der Waals surface area contributed by atoms with Crippen LogP contribution in [0.2, 0.25) is 10.0 Å². The summed E-state index contributed by atoms with van der Waals surface area (Å²) in [5.41, 5.74) is 8.39. The number of anilines is 2. The Hall–Kier alpha value is -3.53. The van der Waals surface area contributed by atoms with E-state index in [-0.39, 0.29) is 0 Å². The minimum absolute atomic E-state index is 0.340. The van der Waals surface area contributed by atoms with Crippen molar-refractivity contribution in [2.45, 2.75) is 19.3 Å². The summed E-state index contributed by atoms with van der Waals surface area (Å²) in [7, 11) is 0. The van der Waals surface area contributed by atoms with Gasteiger partial charge in [-0.2, -0.15) is 16.7 Å². The number of aromatic nitrogens is 3. The van der Waals surface area contributed by atoms with Crippen LogP contribution in [-0.4, -0.2) is 33.9 Å². The quantitative estimate of drug-likeness (QED) is 0.218. The van der Waals surface area contributed by atoms with E-state index < -0.39 is 6.09 Å². The maximum atomic E-state index is 9.60. The highest BCUT2D eigenvalue weighted by atomic mass is 35.5. The Labute approximate surface area is 235 Å². The Morgan fingerprint density at radius 3 is 2.53 bits per heavy atom. The first kappa shape index (κ1) is 29.0. The molecule has 3 aromatic carbocycles. The predicted octanol–water partition coefficient (Wildman–Crippen LogP) is 7.13. The topological polar surface area (TPSA) is 112 Å². The smallest absolute Gasteiger partial charge is 0.404 e. The monoisotopic (exact) mass is 571 g/mol. The number of thioether (sulfide) groups is 1. The second kappa shape index (κ2) is 15.0. The first-order valence-corrected chi connectivity index (χ1v) is 13.7. The molecule has 0 aliphatic heterocycles. The third kappa shape index (κ3) is 9.09. The number of nitrogens with one attached hydrogen (secondary N) is 1. The molecular formula is C27H27Cl2N5O3S. The zero-order valence-corrected chi connectivity index (χ0v) is 23.2. The molecule has 8 nitrogen and oxygen atoms in total. The molecule has 198 valence electrons. The Bertz CT molecular complexity index is 1360. The summed E-state index contributed by atoms with van der Waals surface area (Å²) < 4.78 is 10.2. The molecule has 1 amide bonds. The number of carbonyl (C=O) groups excluding carboxylic acids is 1. The van der Waals surface area contributed by atoms with E-state index in [9.17, 15) is 4.79 Å². The lowest BCUT2D eigenvalue weighted by Crippen LogP contribution is -2.11. The van der Waals surface area contributed by atoms with Crippen LogP contribution in [-0.2, 0) is 17.1 Å². The van der Waals surface area contributed by atoms with Gasteiger partial charge in [0.15, 0.2) is 5.82 Å². The van der Waals surface area contributed by atoms with E-state index in [1.54, 1.807) is 30.8 Å². The predicted molar refractivity (Wildman–Crippen MR) is 154 cm³/mol. The van der Waals surface area contributed by atoms with E-state index in [2.05, 4.69) is 49.1 Å². The summed E-state index contributed by atoms with van der Waals surface area (Å²) in [6, 6.07) is 21.3. The maximum absolute atomic E-state index is 9.60. The summed E-state index contributed by atoms with van der Waals surface area (Å²) in [6.45, 7) is 2.40. The molecule has 11 heteroatoms. The van der Waals surface area contributed by atoms with E-state index in [4.69, 9.17) is 27.9 Å². The molecule has 0 radical (unpaired) electrons. The van der Waals surface area contributed by atoms with Crippen LogP contribution >= 0.6 is 35.0 Å². The van der Waals surface area contributed by atoms with Gasteiger partial charge < -0.3 is 20.5 Å². The van der Waals surface area contributed by atoms with E-state index in [1.165, 1.54) is 11.9 Å². The van der Waals surface area contributed by atoms with Gasteiger partial charge in [-0.15, -0.1) is 0 Å². The number of rotatable bonds is 9. The van der Waals surface area contributed by atoms with Crippen molar-refractivity contribution in [1.82, 2.24) is 15.0 Å². The number of benzene rings is 3. The maximum Gasteiger partial charge on any atom is 0.404 e. The van der Waals surface area contributed by atoms with Gasteiger partial charge in [-0.25, -0.2) is 14.8 Å². The van der Waals surface area contributed by atoms with Crippen LogP contribution in [0.15, 0.2) is 73.1 Å².